The fourth-order valence-corrected chi connectivity index (χ4v) is 2.55. The molecule has 1 heterocycles. The molecule has 1 fully saturated rings. The Morgan fingerprint density at radius 3 is 2.76 bits per heavy atom. The number of nitrogens with zero attached hydrogens (tertiary/aromatic N) is 1. The molecule has 5 heteroatoms. The summed E-state index contributed by atoms with van der Waals surface area (Å²) < 4.78 is 0. The predicted molar refractivity (Wildman–Crippen MR) is 63.9 cm³/mol. The lowest BCUT2D eigenvalue weighted by Gasteiger charge is -2.27. The number of likely N-dealkylation sites (tertiary alicyclic amines) is 1. The molecule has 1 aliphatic carbocycles. The van der Waals surface area contributed by atoms with Crippen molar-refractivity contribution in [3.63, 3.8) is 0 Å². The smallest absolute Gasteiger partial charge is 0.330 e. The molecular formula is C12H14ClNO3. The van der Waals surface area contributed by atoms with E-state index in [9.17, 15) is 14.7 Å². The number of allylic oxidation sites excluding steroid dienone is 3. The molecule has 1 amide bonds. The van der Waals surface area contributed by atoms with E-state index in [0.717, 1.165) is 12.0 Å². The van der Waals surface area contributed by atoms with Gasteiger partial charge in [-0.15, -0.1) is 11.6 Å². The minimum atomic E-state index is -0.981. The zero-order chi connectivity index (χ0) is 12.4. The molecule has 0 spiro atoms. The summed E-state index contributed by atoms with van der Waals surface area (Å²) in [6, 6.07) is -0.851. The van der Waals surface area contributed by atoms with E-state index in [1.165, 1.54) is 4.90 Å². The number of rotatable bonds is 3. The lowest BCUT2D eigenvalue weighted by Crippen LogP contribution is -2.43. The van der Waals surface area contributed by atoms with E-state index in [4.69, 9.17) is 11.6 Å². The van der Waals surface area contributed by atoms with Crippen LogP contribution in [0.1, 0.15) is 19.3 Å². The summed E-state index contributed by atoms with van der Waals surface area (Å²) in [5.41, 5.74) is 0.777. The summed E-state index contributed by atoms with van der Waals surface area (Å²) in [6.45, 7) is 0.318. The molecule has 2 rings (SSSR count). The lowest BCUT2D eigenvalue weighted by atomic mass is 9.97. The highest BCUT2D eigenvalue weighted by atomic mass is 35.5. The first-order chi connectivity index (χ1) is 8.09. The van der Waals surface area contributed by atoms with Crippen molar-refractivity contribution in [2.45, 2.75) is 30.7 Å². The average molecular weight is 256 g/mol. The van der Waals surface area contributed by atoms with Crippen LogP contribution in [0.25, 0.3) is 0 Å². The SMILES string of the molecule is O=C(O)[C@@H](C1=CCC=CC1)N1CC(Cl)CC1=O. The van der Waals surface area contributed by atoms with E-state index in [-0.39, 0.29) is 17.7 Å². The Morgan fingerprint density at radius 2 is 2.29 bits per heavy atom. The Bertz CT molecular complexity index is 403. The number of carboxylic acids is 1. The van der Waals surface area contributed by atoms with Gasteiger partial charge in [-0.1, -0.05) is 18.2 Å². The van der Waals surface area contributed by atoms with Gasteiger partial charge in [0.1, 0.15) is 0 Å². The summed E-state index contributed by atoms with van der Waals surface area (Å²) >= 11 is 5.90. The molecule has 2 atom stereocenters. The lowest BCUT2D eigenvalue weighted by molar-refractivity contribution is -0.146. The second kappa shape index (κ2) is 4.92. The van der Waals surface area contributed by atoms with E-state index < -0.39 is 12.0 Å². The Balaban J connectivity index is 2.20. The summed E-state index contributed by atoms with van der Waals surface area (Å²) in [5.74, 6) is -1.15. The molecule has 17 heavy (non-hydrogen) atoms. The number of carboxylic acid groups (broad SMARTS) is 1. The molecule has 1 aliphatic heterocycles. The van der Waals surface area contributed by atoms with Gasteiger partial charge in [0, 0.05) is 13.0 Å². The number of carbonyl (C=O) groups is 2. The van der Waals surface area contributed by atoms with Gasteiger partial charge in [0.15, 0.2) is 6.04 Å². The second-order valence-electron chi connectivity index (χ2n) is 4.28. The van der Waals surface area contributed by atoms with Gasteiger partial charge in [-0.3, -0.25) is 4.79 Å². The maximum Gasteiger partial charge on any atom is 0.330 e. The monoisotopic (exact) mass is 255 g/mol. The summed E-state index contributed by atoms with van der Waals surface area (Å²) in [5, 5.41) is 9.01. The molecule has 2 aliphatic rings. The Morgan fingerprint density at radius 1 is 1.53 bits per heavy atom. The third-order valence-corrected chi connectivity index (χ3v) is 3.34. The molecule has 0 aromatic rings. The molecule has 92 valence electrons. The van der Waals surface area contributed by atoms with Gasteiger partial charge in [-0.2, -0.15) is 0 Å². The number of hydrogen-bond donors (Lipinski definition) is 1. The second-order valence-corrected chi connectivity index (χ2v) is 4.90. The first kappa shape index (κ1) is 12.2. The van der Waals surface area contributed by atoms with Crippen LogP contribution in [0.2, 0.25) is 0 Å². The Kier molecular flexibility index (Phi) is 3.52. The topological polar surface area (TPSA) is 57.6 Å². The maximum absolute atomic E-state index is 11.7. The van der Waals surface area contributed by atoms with Crippen molar-refractivity contribution in [2.75, 3.05) is 6.54 Å². The van der Waals surface area contributed by atoms with Crippen molar-refractivity contribution in [1.29, 1.82) is 0 Å². The zero-order valence-electron chi connectivity index (χ0n) is 9.30. The minimum Gasteiger partial charge on any atom is -0.479 e. The fourth-order valence-electron chi connectivity index (χ4n) is 2.27. The first-order valence-corrected chi connectivity index (χ1v) is 6.03. The molecular weight excluding hydrogens is 242 g/mol. The molecule has 0 bridgehead atoms. The summed E-state index contributed by atoms with van der Waals surface area (Å²) in [6.07, 6.45) is 7.35. The van der Waals surface area contributed by atoms with E-state index >= 15 is 0 Å². The minimum absolute atomic E-state index is 0.173. The van der Waals surface area contributed by atoms with Crippen LogP contribution in [0.15, 0.2) is 23.8 Å². The van der Waals surface area contributed by atoms with Crippen molar-refractivity contribution in [1.82, 2.24) is 4.90 Å². The van der Waals surface area contributed by atoms with Crippen LogP contribution in [-0.4, -0.2) is 39.8 Å². The molecule has 0 aromatic carbocycles. The molecule has 4 nitrogen and oxygen atoms in total. The number of amides is 1. The predicted octanol–water partition coefficient (Wildman–Crippen LogP) is 1.56. The van der Waals surface area contributed by atoms with Crippen molar-refractivity contribution in [2.24, 2.45) is 0 Å². The third kappa shape index (κ3) is 2.52. The van der Waals surface area contributed by atoms with Gasteiger partial charge in [-0.05, 0) is 18.4 Å². The molecule has 1 saturated heterocycles. The summed E-state index contributed by atoms with van der Waals surface area (Å²) in [4.78, 5) is 24.4. The quantitative estimate of drug-likeness (QED) is 0.615. The van der Waals surface area contributed by atoms with Gasteiger partial charge in [0.25, 0.3) is 0 Å². The van der Waals surface area contributed by atoms with E-state index in [0.29, 0.717) is 13.0 Å². The molecule has 0 saturated carbocycles. The molecule has 0 aromatic heterocycles. The normalized spacial score (nSPS) is 25.9. The van der Waals surface area contributed by atoms with E-state index in [2.05, 4.69) is 0 Å². The van der Waals surface area contributed by atoms with Crippen molar-refractivity contribution in [3.8, 4) is 0 Å². The van der Waals surface area contributed by atoms with Gasteiger partial charge in [0.05, 0.1) is 5.38 Å². The van der Waals surface area contributed by atoms with Crippen molar-refractivity contribution >= 4 is 23.5 Å². The standard InChI is InChI=1S/C12H14ClNO3/c13-9-6-10(15)14(7-9)11(12(16)17)8-4-2-1-3-5-8/h1-2,5,9,11H,3-4,6-7H2,(H,16,17)/t9?,11-/m1/s1. The van der Waals surface area contributed by atoms with Crippen molar-refractivity contribution in [3.05, 3.63) is 23.8 Å². The van der Waals surface area contributed by atoms with Crippen LogP contribution >= 0.6 is 11.6 Å². The largest absolute Gasteiger partial charge is 0.479 e. The van der Waals surface area contributed by atoms with Crippen molar-refractivity contribution < 1.29 is 14.7 Å². The van der Waals surface area contributed by atoms with Gasteiger partial charge in [-0.25, -0.2) is 4.79 Å². The third-order valence-electron chi connectivity index (χ3n) is 3.04. The zero-order valence-corrected chi connectivity index (χ0v) is 10.1. The molecule has 1 unspecified atom stereocenters. The number of aliphatic carboxylic acids is 1. The Hall–Kier alpha value is -1.29. The summed E-state index contributed by atoms with van der Waals surface area (Å²) in [7, 11) is 0. The fraction of sp³-hybridized carbons (Fsp3) is 0.500. The van der Waals surface area contributed by atoms with Gasteiger partial charge in [0.2, 0.25) is 5.91 Å². The molecule has 0 radical (unpaired) electrons. The van der Waals surface area contributed by atoms with Gasteiger partial charge >= 0.3 is 5.97 Å². The van der Waals surface area contributed by atoms with Crippen LogP contribution in [0, 0.1) is 0 Å². The van der Waals surface area contributed by atoms with Gasteiger partial charge < -0.3 is 10.0 Å². The van der Waals surface area contributed by atoms with E-state index in [1.54, 1.807) is 0 Å². The highest BCUT2D eigenvalue weighted by Gasteiger charge is 2.38. The number of hydrogen-bond acceptors (Lipinski definition) is 2. The maximum atomic E-state index is 11.7. The van der Waals surface area contributed by atoms with Crippen LogP contribution < -0.4 is 0 Å². The molecule has 1 N–H and O–H groups in total. The highest BCUT2D eigenvalue weighted by Crippen LogP contribution is 2.26. The first-order valence-electron chi connectivity index (χ1n) is 5.60. The number of carbonyl (C=O) groups excluding carboxylic acids is 1. The highest BCUT2D eigenvalue weighted by molar-refractivity contribution is 6.22. The van der Waals surface area contributed by atoms with Crippen LogP contribution in [0.4, 0.5) is 0 Å². The number of halogens is 1. The Labute approximate surface area is 105 Å². The van der Waals surface area contributed by atoms with Crippen LogP contribution in [0.5, 0.6) is 0 Å². The van der Waals surface area contributed by atoms with E-state index in [1.807, 2.05) is 18.2 Å². The van der Waals surface area contributed by atoms with Crippen LogP contribution in [-0.2, 0) is 9.59 Å². The number of alkyl halides is 1. The van der Waals surface area contributed by atoms with Crippen LogP contribution in [0.3, 0.4) is 0 Å². The average Bonchev–Trinajstić information content (AvgIpc) is 2.59.